The maximum Gasteiger partial charge on any atom is 0.149 e. The van der Waals surface area contributed by atoms with E-state index in [0.717, 1.165) is 5.56 Å². The maximum absolute atomic E-state index is 9.27. The third kappa shape index (κ3) is 3.29. The number of hydrazine groups is 1. The summed E-state index contributed by atoms with van der Waals surface area (Å²) in [5, 5.41) is 11.3. The number of aliphatic hydroxyl groups is 1. The predicted molar refractivity (Wildman–Crippen MR) is 70.7 cm³/mol. The number of hydrogen-bond acceptors (Lipinski definition) is 4. The van der Waals surface area contributed by atoms with Gasteiger partial charge in [-0.15, -0.1) is 0 Å². The van der Waals surface area contributed by atoms with E-state index in [1.54, 1.807) is 0 Å². The van der Waals surface area contributed by atoms with E-state index in [-0.39, 0.29) is 24.5 Å². The van der Waals surface area contributed by atoms with Crippen molar-refractivity contribution in [3.05, 3.63) is 35.9 Å². The zero-order valence-corrected chi connectivity index (χ0v) is 11.3. The van der Waals surface area contributed by atoms with Crippen LogP contribution in [0, 0.1) is 0 Å². The predicted octanol–water partition coefficient (Wildman–Crippen LogP) is 1.68. The summed E-state index contributed by atoms with van der Waals surface area (Å²) in [4.78, 5) is 0. The highest BCUT2D eigenvalue weighted by molar-refractivity contribution is 5.18. The molecule has 0 bridgehead atoms. The van der Waals surface area contributed by atoms with E-state index in [1.165, 1.54) is 0 Å². The summed E-state index contributed by atoms with van der Waals surface area (Å²) in [6.45, 7) is 7.07. The first kappa shape index (κ1) is 13.5. The molecule has 1 aliphatic heterocycles. The Morgan fingerprint density at radius 2 is 2.00 bits per heavy atom. The Hall–Kier alpha value is -0.940. The van der Waals surface area contributed by atoms with Crippen LogP contribution in [0.5, 0.6) is 0 Å². The third-order valence-corrected chi connectivity index (χ3v) is 2.77. The number of benzene rings is 1. The van der Waals surface area contributed by atoms with Gasteiger partial charge in [0, 0.05) is 12.1 Å². The highest BCUT2D eigenvalue weighted by atomic mass is 16.5. The molecule has 1 aliphatic rings. The van der Waals surface area contributed by atoms with Crippen molar-refractivity contribution >= 4 is 0 Å². The second-order valence-electron chi connectivity index (χ2n) is 5.72. The molecule has 2 atom stereocenters. The van der Waals surface area contributed by atoms with E-state index in [9.17, 15) is 5.11 Å². The normalized spacial score (nSPS) is 25.6. The Kier molecular flexibility index (Phi) is 4.02. The van der Waals surface area contributed by atoms with Gasteiger partial charge in [0.15, 0.2) is 0 Å². The van der Waals surface area contributed by atoms with Gasteiger partial charge in [-0.2, -0.15) is 0 Å². The van der Waals surface area contributed by atoms with Crippen molar-refractivity contribution in [1.29, 1.82) is 0 Å². The molecule has 0 aliphatic carbocycles. The minimum absolute atomic E-state index is 0.0270. The van der Waals surface area contributed by atoms with Crippen LogP contribution in [0.15, 0.2) is 30.3 Å². The van der Waals surface area contributed by atoms with Gasteiger partial charge in [0.2, 0.25) is 0 Å². The van der Waals surface area contributed by atoms with Crippen LogP contribution < -0.4 is 5.43 Å². The summed E-state index contributed by atoms with van der Waals surface area (Å²) in [5.41, 5.74) is 4.50. The van der Waals surface area contributed by atoms with Crippen molar-refractivity contribution in [3.8, 4) is 0 Å². The lowest BCUT2D eigenvalue weighted by molar-refractivity contribution is -0.0427. The van der Waals surface area contributed by atoms with E-state index in [2.05, 4.69) is 31.2 Å². The van der Waals surface area contributed by atoms with Crippen LogP contribution >= 0.6 is 0 Å². The Morgan fingerprint density at radius 1 is 1.33 bits per heavy atom. The molecule has 0 aromatic heterocycles. The van der Waals surface area contributed by atoms with E-state index in [4.69, 9.17) is 4.74 Å². The number of nitrogens with zero attached hydrogens (tertiary/aromatic N) is 1. The average molecular weight is 250 g/mol. The second kappa shape index (κ2) is 5.36. The maximum atomic E-state index is 9.27. The van der Waals surface area contributed by atoms with E-state index >= 15 is 0 Å². The molecule has 0 spiro atoms. The van der Waals surface area contributed by atoms with Crippen LogP contribution in [-0.2, 0) is 4.74 Å². The summed E-state index contributed by atoms with van der Waals surface area (Å²) in [7, 11) is 0. The van der Waals surface area contributed by atoms with Gasteiger partial charge in [0.1, 0.15) is 6.23 Å². The number of rotatable bonds is 3. The number of aliphatic hydroxyl groups excluding tert-OH is 1. The summed E-state index contributed by atoms with van der Waals surface area (Å²) in [5.74, 6) is 0. The van der Waals surface area contributed by atoms with Gasteiger partial charge in [-0.25, -0.2) is 10.4 Å². The molecule has 1 fully saturated rings. The summed E-state index contributed by atoms with van der Waals surface area (Å²) in [6, 6.07) is 10.1. The Balaban J connectivity index is 2.15. The molecule has 1 aromatic rings. The van der Waals surface area contributed by atoms with Crippen molar-refractivity contribution in [3.63, 3.8) is 0 Å². The van der Waals surface area contributed by atoms with Gasteiger partial charge in [-0.05, 0) is 26.3 Å². The average Bonchev–Trinajstić information content (AvgIpc) is 2.71. The van der Waals surface area contributed by atoms with Crippen LogP contribution in [-0.4, -0.2) is 34.9 Å². The minimum Gasteiger partial charge on any atom is -0.394 e. The molecular formula is C14H22N2O2. The lowest BCUT2D eigenvalue weighted by Gasteiger charge is -2.31. The smallest absolute Gasteiger partial charge is 0.149 e. The molecule has 0 saturated carbocycles. The van der Waals surface area contributed by atoms with Gasteiger partial charge in [0.05, 0.1) is 12.7 Å². The highest BCUT2D eigenvalue weighted by Crippen LogP contribution is 2.29. The van der Waals surface area contributed by atoms with Crippen LogP contribution in [0.1, 0.15) is 32.6 Å². The first-order chi connectivity index (χ1) is 8.49. The fourth-order valence-corrected chi connectivity index (χ4v) is 2.13. The van der Waals surface area contributed by atoms with Gasteiger partial charge >= 0.3 is 0 Å². The monoisotopic (exact) mass is 250 g/mol. The van der Waals surface area contributed by atoms with Gasteiger partial charge < -0.3 is 9.84 Å². The Labute approximate surface area is 109 Å². The van der Waals surface area contributed by atoms with Crippen molar-refractivity contribution < 1.29 is 9.84 Å². The summed E-state index contributed by atoms with van der Waals surface area (Å²) in [6.07, 6.45) is -0.271. The molecule has 4 heteroatoms. The molecule has 18 heavy (non-hydrogen) atoms. The highest BCUT2D eigenvalue weighted by Gasteiger charge is 2.35. The van der Waals surface area contributed by atoms with E-state index in [0.29, 0.717) is 6.54 Å². The number of nitrogens with one attached hydrogen (secondary N) is 1. The van der Waals surface area contributed by atoms with Crippen LogP contribution in [0.4, 0.5) is 0 Å². The minimum atomic E-state index is -0.137. The Morgan fingerprint density at radius 3 is 2.56 bits per heavy atom. The first-order valence-corrected chi connectivity index (χ1v) is 6.35. The van der Waals surface area contributed by atoms with Crippen LogP contribution in [0.25, 0.3) is 0 Å². The molecule has 100 valence electrons. The van der Waals surface area contributed by atoms with Crippen LogP contribution in [0.3, 0.4) is 0 Å². The van der Waals surface area contributed by atoms with Crippen molar-refractivity contribution in [2.45, 2.75) is 38.6 Å². The summed E-state index contributed by atoms with van der Waals surface area (Å²) >= 11 is 0. The lowest BCUT2D eigenvalue weighted by Crippen LogP contribution is -2.49. The van der Waals surface area contributed by atoms with Crippen molar-refractivity contribution in [1.82, 2.24) is 10.4 Å². The zero-order chi connectivity index (χ0) is 13.2. The zero-order valence-electron chi connectivity index (χ0n) is 11.3. The third-order valence-electron chi connectivity index (χ3n) is 2.77. The Bertz CT molecular complexity index is 375. The molecule has 1 aromatic carbocycles. The van der Waals surface area contributed by atoms with E-state index < -0.39 is 0 Å². The fourth-order valence-electron chi connectivity index (χ4n) is 2.13. The van der Waals surface area contributed by atoms with Crippen LogP contribution in [0.2, 0.25) is 0 Å². The van der Waals surface area contributed by atoms with Gasteiger partial charge in [0.25, 0.3) is 0 Å². The van der Waals surface area contributed by atoms with Crippen molar-refractivity contribution in [2.24, 2.45) is 0 Å². The fraction of sp³-hybridized carbons (Fsp3) is 0.571. The van der Waals surface area contributed by atoms with Crippen molar-refractivity contribution in [2.75, 3.05) is 13.2 Å². The SMILES string of the molecule is CC(C)(C)NN1CC(CO)OC1c1ccccc1. The molecule has 2 N–H and O–H groups in total. The first-order valence-electron chi connectivity index (χ1n) is 6.35. The van der Waals surface area contributed by atoms with E-state index in [1.807, 2.05) is 30.3 Å². The van der Waals surface area contributed by atoms with Gasteiger partial charge in [-0.1, -0.05) is 30.3 Å². The quantitative estimate of drug-likeness (QED) is 0.857. The molecule has 0 radical (unpaired) electrons. The number of hydrogen-bond donors (Lipinski definition) is 2. The molecule has 0 amide bonds. The molecule has 4 nitrogen and oxygen atoms in total. The molecule has 1 heterocycles. The largest absolute Gasteiger partial charge is 0.394 e. The topological polar surface area (TPSA) is 44.7 Å². The molecular weight excluding hydrogens is 228 g/mol. The molecule has 2 rings (SSSR count). The van der Waals surface area contributed by atoms with Gasteiger partial charge in [-0.3, -0.25) is 0 Å². The second-order valence-corrected chi connectivity index (χ2v) is 5.72. The number of ether oxygens (including phenoxy) is 1. The molecule has 2 unspecified atom stereocenters. The standard InChI is InChI=1S/C14H22N2O2/c1-14(2,3)15-16-9-12(10-17)18-13(16)11-7-5-4-6-8-11/h4-8,12-13,15,17H,9-10H2,1-3H3. The summed E-state index contributed by atoms with van der Waals surface area (Å²) < 4.78 is 5.87. The lowest BCUT2D eigenvalue weighted by atomic mass is 10.1. The molecule has 1 saturated heterocycles.